The second kappa shape index (κ2) is 8.69. The van der Waals surface area contributed by atoms with Crippen LogP contribution in [0.1, 0.15) is 25.1 Å². The van der Waals surface area contributed by atoms with Crippen LogP contribution in [0.2, 0.25) is 5.02 Å². The van der Waals surface area contributed by atoms with Crippen LogP contribution in [-0.2, 0) is 6.42 Å². The number of hydrogen-bond acceptors (Lipinski definition) is 4. The summed E-state index contributed by atoms with van der Waals surface area (Å²) in [5.74, 6) is 0.438. The zero-order chi connectivity index (χ0) is 20.3. The first-order chi connectivity index (χ1) is 13.4. The van der Waals surface area contributed by atoms with Crippen LogP contribution in [-0.4, -0.2) is 48.7 Å². The summed E-state index contributed by atoms with van der Waals surface area (Å²) in [5, 5.41) is 3.71. The van der Waals surface area contributed by atoms with Crippen molar-refractivity contribution in [1.82, 2.24) is 9.88 Å². The van der Waals surface area contributed by atoms with Crippen molar-refractivity contribution >= 4 is 29.0 Å². The number of piperazine rings is 1. The van der Waals surface area contributed by atoms with Crippen molar-refractivity contribution in [3.05, 3.63) is 46.6 Å². The minimum absolute atomic E-state index is 0.0581. The van der Waals surface area contributed by atoms with E-state index in [-0.39, 0.29) is 12.1 Å². The first-order valence-electron chi connectivity index (χ1n) is 9.55. The van der Waals surface area contributed by atoms with Crippen molar-refractivity contribution in [1.29, 1.82) is 0 Å². The lowest BCUT2D eigenvalue weighted by atomic mass is 10.1. The number of amides is 2. The third kappa shape index (κ3) is 4.33. The highest BCUT2D eigenvalue weighted by Gasteiger charge is 2.28. The summed E-state index contributed by atoms with van der Waals surface area (Å²) < 4.78 is 5.36. The summed E-state index contributed by atoms with van der Waals surface area (Å²) in [5.41, 5.74) is 3.70. The molecule has 1 atom stereocenters. The third-order valence-electron chi connectivity index (χ3n) is 5.16. The van der Waals surface area contributed by atoms with Gasteiger partial charge in [0.1, 0.15) is 5.69 Å². The molecular weight excluding hydrogens is 376 g/mol. The van der Waals surface area contributed by atoms with Gasteiger partial charge < -0.3 is 19.9 Å². The van der Waals surface area contributed by atoms with Gasteiger partial charge in [-0.15, -0.1) is 0 Å². The monoisotopic (exact) mass is 402 g/mol. The molecule has 2 heterocycles. The molecule has 0 spiro atoms. The van der Waals surface area contributed by atoms with Crippen molar-refractivity contribution in [2.24, 2.45) is 0 Å². The van der Waals surface area contributed by atoms with E-state index < -0.39 is 0 Å². The summed E-state index contributed by atoms with van der Waals surface area (Å²) in [4.78, 5) is 21.5. The molecule has 28 heavy (non-hydrogen) atoms. The first-order valence-corrected chi connectivity index (χ1v) is 9.93. The predicted octanol–water partition coefficient (Wildman–Crippen LogP) is 4.36. The number of hydrogen-bond donors (Lipinski definition) is 1. The molecule has 7 heteroatoms. The Balaban J connectivity index is 1.71. The standard InChI is InChI=1S/C21H27ClN4O2/c1-5-16-11-19(20(28-4)23-15(16)3)24-21(27)26-10-9-25(13-14(26)2)18-8-6-7-17(22)12-18/h6-8,11-12,14H,5,9-10,13H2,1-4H3,(H,24,27). The molecule has 0 radical (unpaired) electrons. The van der Waals surface area contributed by atoms with E-state index in [1.54, 1.807) is 7.11 Å². The van der Waals surface area contributed by atoms with Crippen LogP contribution in [0.3, 0.4) is 0 Å². The number of urea groups is 1. The molecule has 1 fully saturated rings. The van der Waals surface area contributed by atoms with Crippen LogP contribution in [0.5, 0.6) is 5.88 Å². The van der Waals surface area contributed by atoms with E-state index >= 15 is 0 Å². The maximum atomic E-state index is 12.9. The molecule has 1 saturated heterocycles. The quantitative estimate of drug-likeness (QED) is 0.825. The molecule has 3 rings (SSSR count). The molecule has 6 nitrogen and oxygen atoms in total. The van der Waals surface area contributed by atoms with Gasteiger partial charge in [-0.25, -0.2) is 9.78 Å². The van der Waals surface area contributed by atoms with Crippen LogP contribution in [0.4, 0.5) is 16.2 Å². The molecular formula is C21H27ClN4O2. The maximum Gasteiger partial charge on any atom is 0.322 e. The van der Waals surface area contributed by atoms with Crippen molar-refractivity contribution in [2.45, 2.75) is 33.2 Å². The van der Waals surface area contributed by atoms with Crippen LogP contribution in [0, 0.1) is 6.92 Å². The number of aromatic nitrogens is 1. The normalized spacial score (nSPS) is 16.8. The minimum atomic E-state index is -0.135. The van der Waals surface area contributed by atoms with Crippen LogP contribution in [0.15, 0.2) is 30.3 Å². The van der Waals surface area contributed by atoms with Gasteiger partial charge in [0, 0.05) is 42.1 Å². The van der Waals surface area contributed by atoms with E-state index in [9.17, 15) is 4.79 Å². The molecule has 1 aromatic carbocycles. The molecule has 0 saturated carbocycles. The predicted molar refractivity (Wildman–Crippen MR) is 114 cm³/mol. The fourth-order valence-corrected chi connectivity index (χ4v) is 3.77. The van der Waals surface area contributed by atoms with E-state index in [2.05, 4.69) is 29.0 Å². The number of anilines is 2. The number of nitrogens with one attached hydrogen (secondary N) is 1. The SMILES string of the molecule is CCc1cc(NC(=O)N2CCN(c3cccc(Cl)c3)CC2C)c(OC)nc1C. The van der Waals surface area contributed by atoms with Gasteiger partial charge in [0.05, 0.1) is 7.11 Å². The van der Waals surface area contributed by atoms with Crippen LogP contribution < -0.4 is 15.0 Å². The van der Waals surface area contributed by atoms with Crippen LogP contribution in [0.25, 0.3) is 0 Å². The summed E-state index contributed by atoms with van der Waals surface area (Å²) in [6.45, 7) is 8.20. The number of halogens is 1. The number of ether oxygens (including phenoxy) is 1. The molecule has 1 unspecified atom stereocenters. The van der Waals surface area contributed by atoms with Gasteiger partial charge in [0.25, 0.3) is 0 Å². The molecule has 1 N–H and O–H groups in total. The van der Waals surface area contributed by atoms with Crippen molar-refractivity contribution in [3.8, 4) is 5.88 Å². The topological polar surface area (TPSA) is 57.7 Å². The van der Waals surface area contributed by atoms with Gasteiger partial charge in [0.2, 0.25) is 5.88 Å². The molecule has 2 aromatic rings. The van der Waals surface area contributed by atoms with E-state index in [1.165, 1.54) is 0 Å². The Hall–Kier alpha value is -2.47. The van der Waals surface area contributed by atoms with Crippen molar-refractivity contribution in [3.63, 3.8) is 0 Å². The Bertz CT molecular complexity index is 858. The molecule has 1 aromatic heterocycles. The highest BCUT2D eigenvalue weighted by Crippen LogP contribution is 2.27. The summed E-state index contributed by atoms with van der Waals surface area (Å²) in [7, 11) is 1.56. The van der Waals surface area contributed by atoms with Gasteiger partial charge in [-0.3, -0.25) is 0 Å². The van der Waals surface area contributed by atoms with Gasteiger partial charge >= 0.3 is 6.03 Å². The highest BCUT2D eigenvalue weighted by molar-refractivity contribution is 6.30. The third-order valence-corrected chi connectivity index (χ3v) is 5.40. The number of benzene rings is 1. The number of carbonyl (C=O) groups is 1. The number of nitrogens with zero attached hydrogens (tertiary/aromatic N) is 3. The Kier molecular flexibility index (Phi) is 6.29. The average Bonchev–Trinajstić information content (AvgIpc) is 2.68. The Morgan fingerprint density at radius 1 is 1.36 bits per heavy atom. The fraction of sp³-hybridized carbons (Fsp3) is 0.429. The number of rotatable bonds is 4. The average molecular weight is 403 g/mol. The second-order valence-corrected chi connectivity index (χ2v) is 7.48. The number of methoxy groups -OCH3 is 1. The van der Waals surface area contributed by atoms with Crippen LogP contribution >= 0.6 is 11.6 Å². The number of carbonyl (C=O) groups excluding carboxylic acids is 1. The van der Waals surface area contributed by atoms with Gasteiger partial charge in [-0.05, 0) is 50.1 Å². The summed E-state index contributed by atoms with van der Waals surface area (Å²) in [6, 6.07) is 9.69. The molecule has 0 bridgehead atoms. The first kappa shape index (κ1) is 20.3. The Morgan fingerprint density at radius 3 is 2.79 bits per heavy atom. The van der Waals surface area contributed by atoms with Crippen molar-refractivity contribution in [2.75, 3.05) is 37.0 Å². The minimum Gasteiger partial charge on any atom is -0.480 e. The van der Waals surface area contributed by atoms with E-state index in [4.69, 9.17) is 16.3 Å². The lowest BCUT2D eigenvalue weighted by Gasteiger charge is -2.41. The van der Waals surface area contributed by atoms with E-state index in [0.717, 1.165) is 41.5 Å². The zero-order valence-corrected chi connectivity index (χ0v) is 17.6. The molecule has 150 valence electrons. The Labute approximate surface area is 171 Å². The van der Waals surface area contributed by atoms with Crippen molar-refractivity contribution < 1.29 is 9.53 Å². The molecule has 2 amide bonds. The maximum absolute atomic E-state index is 12.9. The number of aryl methyl sites for hydroxylation is 2. The largest absolute Gasteiger partial charge is 0.480 e. The lowest BCUT2D eigenvalue weighted by Crippen LogP contribution is -2.55. The molecule has 1 aliphatic heterocycles. The van der Waals surface area contributed by atoms with Gasteiger partial charge in [-0.1, -0.05) is 24.6 Å². The zero-order valence-electron chi connectivity index (χ0n) is 16.8. The smallest absolute Gasteiger partial charge is 0.322 e. The number of pyridine rings is 1. The van der Waals surface area contributed by atoms with E-state index in [0.29, 0.717) is 18.1 Å². The lowest BCUT2D eigenvalue weighted by molar-refractivity contribution is 0.184. The van der Waals surface area contributed by atoms with Gasteiger partial charge in [-0.2, -0.15) is 0 Å². The molecule has 1 aliphatic rings. The fourth-order valence-electron chi connectivity index (χ4n) is 3.58. The van der Waals surface area contributed by atoms with Gasteiger partial charge in [0.15, 0.2) is 0 Å². The highest BCUT2D eigenvalue weighted by atomic mass is 35.5. The summed E-state index contributed by atoms with van der Waals surface area (Å²) >= 11 is 6.12. The summed E-state index contributed by atoms with van der Waals surface area (Å²) in [6.07, 6.45) is 0.848. The molecule has 0 aliphatic carbocycles. The second-order valence-electron chi connectivity index (χ2n) is 7.04. The van der Waals surface area contributed by atoms with E-state index in [1.807, 2.05) is 42.2 Å². The Morgan fingerprint density at radius 2 is 2.14 bits per heavy atom.